The third kappa shape index (κ3) is 4.62. The Balaban J connectivity index is 2.53. The zero-order valence-corrected chi connectivity index (χ0v) is 12.1. The summed E-state index contributed by atoms with van der Waals surface area (Å²) >= 11 is 3.45. The number of rotatable bonds is 5. The molecule has 0 saturated heterocycles. The van der Waals surface area contributed by atoms with E-state index in [-0.39, 0.29) is 0 Å². The molecule has 0 saturated carbocycles. The average molecular weight is 285 g/mol. The van der Waals surface area contributed by atoms with Crippen molar-refractivity contribution in [3.05, 3.63) is 28.5 Å². The molecule has 2 nitrogen and oxygen atoms in total. The van der Waals surface area contributed by atoms with Crippen molar-refractivity contribution in [3.8, 4) is 0 Å². The molecule has 1 aromatic rings. The van der Waals surface area contributed by atoms with Gasteiger partial charge in [-0.1, -0.05) is 20.8 Å². The molecule has 16 heavy (non-hydrogen) atoms. The van der Waals surface area contributed by atoms with Gasteiger partial charge < -0.3 is 5.32 Å². The van der Waals surface area contributed by atoms with Crippen LogP contribution in [0.1, 0.15) is 33.3 Å². The van der Waals surface area contributed by atoms with Gasteiger partial charge in [0.25, 0.3) is 0 Å². The Labute approximate surface area is 107 Å². The number of aromatic nitrogens is 1. The van der Waals surface area contributed by atoms with E-state index >= 15 is 0 Å². The van der Waals surface area contributed by atoms with Crippen LogP contribution in [0.3, 0.4) is 0 Å². The van der Waals surface area contributed by atoms with Crippen molar-refractivity contribution in [2.75, 3.05) is 0 Å². The molecule has 0 aliphatic rings. The fourth-order valence-electron chi connectivity index (χ4n) is 1.81. The van der Waals surface area contributed by atoms with E-state index in [4.69, 9.17) is 0 Å². The van der Waals surface area contributed by atoms with Gasteiger partial charge >= 0.3 is 0 Å². The van der Waals surface area contributed by atoms with Crippen LogP contribution in [0, 0.1) is 5.92 Å². The lowest BCUT2D eigenvalue weighted by molar-refractivity contribution is 0.372. The fourth-order valence-corrected chi connectivity index (χ4v) is 2.22. The Morgan fingerprint density at radius 1 is 1.25 bits per heavy atom. The number of nitrogens with one attached hydrogen (secondary N) is 1. The molecule has 0 aromatic carbocycles. The Morgan fingerprint density at radius 3 is 2.50 bits per heavy atom. The zero-order chi connectivity index (χ0) is 12.1. The minimum Gasteiger partial charge on any atom is -0.312 e. The molecule has 0 spiro atoms. The molecular weight excluding hydrogens is 264 g/mol. The zero-order valence-electron chi connectivity index (χ0n) is 10.5. The first-order chi connectivity index (χ1) is 7.49. The summed E-state index contributed by atoms with van der Waals surface area (Å²) in [5.74, 6) is 0.610. The average Bonchev–Trinajstić information content (AvgIpc) is 2.16. The quantitative estimate of drug-likeness (QED) is 0.896. The second-order valence-electron chi connectivity index (χ2n) is 4.80. The molecule has 1 heterocycles. The van der Waals surface area contributed by atoms with E-state index < -0.39 is 0 Å². The van der Waals surface area contributed by atoms with Crippen LogP contribution >= 0.6 is 15.9 Å². The number of nitrogens with zero attached hydrogens (tertiary/aromatic N) is 1. The Hall–Kier alpha value is -0.410. The lowest BCUT2D eigenvalue weighted by Gasteiger charge is -2.23. The lowest BCUT2D eigenvalue weighted by Crippen LogP contribution is -2.37. The summed E-state index contributed by atoms with van der Waals surface area (Å²) in [6, 6.07) is 3.21. The monoisotopic (exact) mass is 284 g/mol. The Morgan fingerprint density at radius 2 is 1.94 bits per heavy atom. The SMILES string of the molecule is CC(C)NC(C)C(C)Cc1cncc(Br)c1. The van der Waals surface area contributed by atoms with Crippen molar-refractivity contribution >= 4 is 15.9 Å². The van der Waals surface area contributed by atoms with E-state index in [9.17, 15) is 0 Å². The van der Waals surface area contributed by atoms with Crippen LogP contribution in [0.15, 0.2) is 22.9 Å². The fraction of sp³-hybridized carbons (Fsp3) is 0.615. The van der Waals surface area contributed by atoms with Crippen LogP contribution in [-0.2, 0) is 6.42 Å². The predicted octanol–water partition coefficient (Wildman–Crippen LogP) is 3.41. The minimum absolute atomic E-state index is 0.527. The maximum Gasteiger partial charge on any atom is 0.0410 e. The Kier molecular flexibility index (Phi) is 5.42. The molecule has 2 unspecified atom stereocenters. The molecule has 0 aliphatic carbocycles. The van der Waals surface area contributed by atoms with Crippen molar-refractivity contribution in [2.24, 2.45) is 5.92 Å². The van der Waals surface area contributed by atoms with Crippen molar-refractivity contribution in [3.63, 3.8) is 0 Å². The van der Waals surface area contributed by atoms with E-state index in [1.54, 1.807) is 0 Å². The molecular formula is C13H21BrN2. The van der Waals surface area contributed by atoms with Gasteiger partial charge in [-0.05, 0) is 46.8 Å². The molecule has 90 valence electrons. The standard InChI is InChI=1S/C13H21BrN2/c1-9(2)16-11(4)10(3)5-12-6-13(14)8-15-7-12/h6-11,16H,5H2,1-4H3. The van der Waals surface area contributed by atoms with Gasteiger partial charge in [0, 0.05) is 29.0 Å². The second-order valence-corrected chi connectivity index (χ2v) is 5.72. The molecule has 0 radical (unpaired) electrons. The van der Waals surface area contributed by atoms with Crippen molar-refractivity contribution in [1.29, 1.82) is 0 Å². The molecule has 3 heteroatoms. The van der Waals surface area contributed by atoms with Crippen LogP contribution in [0.2, 0.25) is 0 Å². The van der Waals surface area contributed by atoms with Gasteiger partial charge in [0.05, 0.1) is 0 Å². The van der Waals surface area contributed by atoms with E-state index in [1.807, 2.05) is 12.4 Å². The van der Waals surface area contributed by atoms with E-state index in [0.29, 0.717) is 18.0 Å². The molecule has 1 rings (SSSR count). The van der Waals surface area contributed by atoms with Gasteiger partial charge in [-0.25, -0.2) is 0 Å². The molecule has 0 amide bonds. The van der Waals surface area contributed by atoms with E-state index in [0.717, 1.165) is 10.9 Å². The van der Waals surface area contributed by atoms with E-state index in [2.05, 4.69) is 60.0 Å². The third-order valence-electron chi connectivity index (χ3n) is 2.77. The van der Waals surface area contributed by atoms with Gasteiger partial charge in [-0.15, -0.1) is 0 Å². The number of pyridine rings is 1. The van der Waals surface area contributed by atoms with Crippen molar-refractivity contribution < 1.29 is 0 Å². The lowest BCUT2D eigenvalue weighted by atomic mass is 9.95. The highest BCUT2D eigenvalue weighted by atomic mass is 79.9. The summed E-state index contributed by atoms with van der Waals surface area (Å²) in [6.07, 6.45) is 4.83. The summed E-state index contributed by atoms with van der Waals surface area (Å²) in [7, 11) is 0. The minimum atomic E-state index is 0.527. The summed E-state index contributed by atoms with van der Waals surface area (Å²) < 4.78 is 1.06. The van der Waals surface area contributed by atoms with Crippen LogP contribution < -0.4 is 5.32 Å². The summed E-state index contributed by atoms with van der Waals surface area (Å²) in [4.78, 5) is 4.19. The molecule has 0 aliphatic heterocycles. The van der Waals surface area contributed by atoms with E-state index in [1.165, 1.54) is 5.56 Å². The van der Waals surface area contributed by atoms with Crippen LogP contribution in [0.25, 0.3) is 0 Å². The maximum atomic E-state index is 4.19. The van der Waals surface area contributed by atoms with Crippen LogP contribution in [0.5, 0.6) is 0 Å². The highest BCUT2D eigenvalue weighted by Crippen LogP contribution is 2.15. The number of halogens is 1. The van der Waals surface area contributed by atoms with Gasteiger partial charge in [0.2, 0.25) is 0 Å². The topological polar surface area (TPSA) is 24.9 Å². The normalized spacial score (nSPS) is 15.1. The smallest absolute Gasteiger partial charge is 0.0410 e. The number of hydrogen-bond donors (Lipinski definition) is 1. The van der Waals surface area contributed by atoms with Gasteiger partial charge in [-0.2, -0.15) is 0 Å². The summed E-state index contributed by atoms with van der Waals surface area (Å²) in [5, 5.41) is 3.55. The molecule has 0 bridgehead atoms. The maximum absolute atomic E-state index is 4.19. The first-order valence-electron chi connectivity index (χ1n) is 5.84. The highest BCUT2D eigenvalue weighted by Gasteiger charge is 2.13. The predicted molar refractivity (Wildman–Crippen MR) is 72.5 cm³/mol. The first kappa shape index (κ1) is 13.7. The number of hydrogen-bond acceptors (Lipinski definition) is 2. The van der Waals surface area contributed by atoms with Crippen LogP contribution in [0.4, 0.5) is 0 Å². The van der Waals surface area contributed by atoms with Gasteiger partial charge in [-0.3, -0.25) is 4.98 Å². The second kappa shape index (κ2) is 6.36. The van der Waals surface area contributed by atoms with Crippen LogP contribution in [-0.4, -0.2) is 17.1 Å². The largest absolute Gasteiger partial charge is 0.312 e. The van der Waals surface area contributed by atoms with Gasteiger partial charge in [0.15, 0.2) is 0 Å². The highest BCUT2D eigenvalue weighted by molar-refractivity contribution is 9.10. The van der Waals surface area contributed by atoms with Crippen molar-refractivity contribution in [1.82, 2.24) is 10.3 Å². The molecule has 0 fully saturated rings. The molecule has 1 N–H and O–H groups in total. The molecule has 1 aromatic heterocycles. The third-order valence-corrected chi connectivity index (χ3v) is 3.20. The van der Waals surface area contributed by atoms with Crippen molar-refractivity contribution in [2.45, 2.75) is 46.2 Å². The van der Waals surface area contributed by atoms with Gasteiger partial charge in [0.1, 0.15) is 0 Å². The summed E-state index contributed by atoms with van der Waals surface area (Å²) in [6.45, 7) is 8.89. The first-order valence-corrected chi connectivity index (χ1v) is 6.63. The molecule has 2 atom stereocenters. The summed E-state index contributed by atoms with van der Waals surface area (Å²) in [5.41, 5.74) is 1.29. The Bertz CT molecular complexity index is 325.